The largest absolute Gasteiger partial charge is 0.339 e. The second kappa shape index (κ2) is 9.29. The van der Waals surface area contributed by atoms with Crippen molar-refractivity contribution in [3.05, 3.63) is 59.7 Å². The topological polar surface area (TPSA) is 58.1 Å². The maximum Gasteiger partial charge on any atom is 0.253 e. The lowest BCUT2D eigenvalue weighted by Gasteiger charge is -2.31. The Kier molecular flexibility index (Phi) is 6.80. The van der Waals surface area contributed by atoms with Gasteiger partial charge in [0, 0.05) is 36.5 Å². The summed E-state index contributed by atoms with van der Waals surface area (Å²) < 4.78 is 0. The Morgan fingerprint density at radius 3 is 2.52 bits per heavy atom. The molecular weight excluding hydrogens is 360 g/mol. The lowest BCUT2D eigenvalue weighted by atomic mass is 9.93. The molecule has 144 valence electrons. The van der Waals surface area contributed by atoms with Gasteiger partial charge in [-0.2, -0.15) is 0 Å². The number of carbonyl (C=O) groups is 1. The zero-order valence-corrected chi connectivity index (χ0v) is 16.3. The summed E-state index contributed by atoms with van der Waals surface area (Å²) in [5, 5.41) is 3.41. The predicted octanol–water partition coefficient (Wildman–Crippen LogP) is 3.07. The normalized spacial score (nSPS) is 20.3. The zero-order valence-electron chi connectivity index (χ0n) is 15.5. The van der Waals surface area contributed by atoms with E-state index in [1.54, 1.807) is 12.5 Å². The van der Waals surface area contributed by atoms with Crippen LogP contribution in [0, 0.1) is 5.92 Å². The van der Waals surface area contributed by atoms with Gasteiger partial charge in [0.05, 0.1) is 0 Å². The summed E-state index contributed by atoms with van der Waals surface area (Å²) in [6.45, 7) is 3.83. The van der Waals surface area contributed by atoms with Crippen LogP contribution in [-0.4, -0.2) is 47.0 Å². The quantitative estimate of drug-likeness (QED) is 0.877. The number of nitrogens with one attached hydrogen (secondary N) is 1. The molecule has 0 aliphatic carbocycles. The van der Waals surface area contributed by atoms with E-state index in [4.69, 9.17) is 0 Å². The molecule has 2 aliphatic heterocycles. The molecule has 6 heteroatoms. The fourth-order valence-electron chi connectivity index (χ4n) is 4.11. The Bertz CT molecular complexity index is 724. The number of rotatable bonds is 4. The van der Waals surface area contributed by atoms with Crippen molar-refractivity contribution in [1.29, 1.82) is 0 Å². The molecule has 1 aromatic heterocycles. The molecule has 0 radical (unpaired) electrons. The van der Waals surface area contributed by atoms with E-state index in [0.29, 0.717) is 5.92 Å². The summed E-state index contributed by atoms with van der Waals surface area (Å²) in [5.74, 6) is 1.32. The van der Waals surface area contributed by atoms with Crippen molar-refractivity contribution >= 4 is 18.3 Å². The van der Waals surface area contributed by atoms with Crippen LogP contribution in [0.25, 0.3) is 0 Å². The van der Waals surface area contributed by atoms with Gasteiger partial charge in [-0.25, -0.2) is 9.97 Å². The summed E-state index contributed by atoms with van der Waals surface area (Å²) in [4.78, 5) is 23.1. The molecule has 2 fully saturated rings. The lowest BCUT2D eigenvalue weighted by Crippen LogP contribution is -2.38. The van der Waals surface area contributed by atoms with Crippen molar-refractivity contribution in [2.75, 3.05) is 26.2 Å². The minimum absolute atomic E-state index is 0. The van der Waals surface area contributed by atoms with Crippen LogP contribution in [0.5, 0.6) is 0 Å². The molecule has 1 unspecified atom stereocenters. The Balaban J connectivity index is 0.00000210. The number of nitrogens with zero attached hydrogens (tertiary/aromatic N) is 3. The molecule has 0 bridgehead atoms. The summed E-state index contributed by atoms with van der Waals surface area (Å²) >= 11 is 0. The standard InChI is InChI=1S/C21H26N4O.ClH/c26-21(19-3-1-16(2-4-19)13-17-5-9-22-14-17)25-11-7-18(8-12-25)20-6-10-23-15-24-20;/h1-4,6,10,15,17-18,22H,5,7-9,11-14H2;1H. The van der Waals surface area contributed by atoms with Gasteiger partial charge >= 0.3 is 0 Å². The highest BCUT2D eigenvalue weighted by Gasteiger charge is 2.25. The monoisotopic (exact) mass is 386 g/mol. The number of hydrogen-bond acceptors (Lipinski definition) is 4. The Morgan fingerprint density at radius 2 is 1.89 bits per heavy atom. The highest BCUT2D eigenvalue weighted by Crippen LogP contribution is 2.27. The van der Waals surface area contributed by atoms with Crippen LogP contribution in [0.1, 0.15) is 46.8 Å². The fraction of sp³-hybridized carbons (Fsp3) is 0.476. The SMILES string of the molecule is Cl.O=C(c1ccc(CC2CCNC2)cc1)N1CCC(c2ccncn2)CC1. The molecule has 1 N–H and O–H groups in total. The molecule has 1 atom stereocenters. The highest BCUT2D eigenvalue weighted by atomic mass is 35.5. The van der Waals surface area contributed by atoms with Gasteiger partial charge in [0.25, 0.3) is 5.91 Å². The van der Waals surface area contributed by atoms with Gasteiger partial charge in [0.1, 0.15) is 6.33 Å². The maximum absolute atomic E-state index is 12.8. The van der Waals surface area contributed by atoms with Crippen LogP contribution < -0.4 is 5.32 Å². The number of likely N-dealkylation sites (tertiary alicyclic amines) is 1. The first-order valence-corrected chi connectivity index (χ1v) is 9.64. The van der Waals surface area contributed by atoms with Crippen molar-refractivity contribution < 1.29 is 4.79 Å². The second-order valence-corrected chi connectivity index (χ2v) is 7.46. The minimum Gasteiger partial charge on any atom is -0.339 e. The van der Waals surface area contributed by atoms with E-state index in [-0.39, 0.29) is 18.3 Å². The summed E-state index contributed by atoms with van der Waals surface area (Å²) in [7, 11) is 0. The van der Waals surface area contributed by atoms with Crippen LogP contribution >= 0.6 is 12.4 Å². The molecule has 3 heterocycles. The smallest absolute Gasteiger partial charge is 0.253 e. The molecule has 0 saturated carbocycles. The van der Waals surface area contributed by atoms with Crippen LogP contribution in [0.3, 0.4) is 0 Å². The Morgan fingerprint density at radius 1 is 1.11 bits per heavy atom. The molecule has 1 amide bonds. The molecule has 27 heavy (non-hydrogen) atoms. The average molecular weight is 387 g/mol. The Labute approximate surface area is 167 Å². The molecule has 1 aromatic carbocycles. The maximum atomic E-state index is 12.8. The van der Waals surface area contributed by atoms with Gasteiger partial charge in [0.2, 0.25) is 0 Å². The van der Waals surface area contributed by atoms with E-state index in [0.717, 1.165) is 62.6 Å². The molecule has 5 nitrogen and oxygen atoms in total. The lowest BCUT2D eigenvalue weighted by molar-refractivity contribution is 0.0712. The number of halogens is 1. The molecular formula is C21H27ClN4O. The van der Waals surface area contributed by atoms with E-state index < -0.39 is 0 Å². The van der Waals surface area contributed by atoms with Crippen molar-refractivity contribution in [1.82, 2.24) is 20.2 Å². The van der Waals surface area contributed by atoms with Gasteiger partial charge < -0.3 is 10.2 Å². The number of aromatic nitrogens is 2. The predicted molar refractivity (Wildman–Crippen MR) is 108 cm³/mol. The number of amides is 1. The minimum atomic E-state index is 0. The van der Waals surface area contributed by atoms with Crippen molar-refractivity contribution in [2.45, 2.75) is 31.6 Å². The first-order chi connectivity index (χ1) is 12.8. The van der Waals surface area contributed by atoms with Crippen LogP contribution in [0.4, 0.5) is 0 Å². The average Bonchev–Trinajstić information content (AvgIpc) is 3.22. The summed E-state index contributed by atoms with van der Waals surface area (Å²) in [6.07, 6.45) is 7.69. The van der Waals surface area contributed by atoms with E-state index in [9.17, 15) is 4.79 Å². The molecule has 2 aromatic rings. The van der Waals surface area contributed by atoms with Crippen molar-refractivity contribution in [3.8, 4) is 0 Å². The van der Waals surface area contributed by atoms with Gasteiger partial charge in [-0.1, -0.05) is 12.1 Å². The number of hydrogen-bond donors (Lipinski definition) is 1. The molecule has 0 spiro atoms. The number of carbonyl (C=O) groups excluding carboxylic acids is 1. The highest BCUT2D eigenvalue weighted by molar-refractivity contribution is 5.94. The fourth-order valence-corrected chi connectivity index (χ4v) is 4.11. The van der Waals surface area contributed by atoms with Crippen molar-refractivity contribution in [2.24, 2.45) is 5.92 Å². The third-order valence-corrected chi connectivity index (χ3v) is 5.69. The summed E-state index contributed by atoms with van der Waals surface area (Å²) in [5.41, 5.74) is 3.23. The molecule has 2 aliphatic rings. The third-order valence-electron chi connectivity index (χ3n) is 5.69. The number of benzene rings is 1. The van der Waals surface area contributed by atoms with E-state index in [1.807, 2.05) is 23.1 Å². The Hall–Kier alpha value is -1.98. The van der Waals surface area contributed by atoms with E-state index >= 15 is 0 Å². The second-order valence-electron chi connectivity index (χ2n) is 7.46. The zero-order chi connectivity index (χ0) is 17.8. The first-order valence-electron chi connectivity index (χ1n) is 9.64. The van der Waals surface area contributed by atoms with Crippen LogP contribution in [-0.2, 0) is 6.42 Å². The van der Waals surface area contributed by atoms with Gasteiger partial charge in [0.15, 0.2) is 0 Å². The number of piperidine rings is 1. The van der Waals surface area contributed by atoms with Crippen LogP contribution in [0.2, 0.25) is 0 Å². The molecule has 2 saturated heterocycles. The van der Waals surface area contributed by atoms with Crippen LogP contribution in [0.15, 0.2) is 42.9 Å². The third kappa shape index (κ3) is 4.85. The van der Waals surface area contributed by atoms with E-state index in [2.05, 4.69) is 27.4 Å². The van der Waals surface area contributed by atoms with Gasteiger partial charge in [-0.3, -0.25) is 4.79 Å². The summed E-state index contributed by atoms with van der Waals surface area (Å²) in [6, 6.07) is 10.2. The molecule has 4 rings (SSSR count). The van der Waals surface area contributed by atoms with Gasteiger partial charge in [-0.05, 0) is 68.5 Å². The van der Waals surface area contributed by atoms with E-state index in [1.165, 1.54) is 12.0 Å². The van der Waals surface area contributed by atoms with Crippen molar-refractivity contribution in [3.63, 3.8) is 0 Å². The first kappa shape index (κ1) is 19.8. The van der Waals surface area contributed by atoms with Gasteiger partial charge in [-0.15, -0.1) is 12.4 Å².